The highest BCUT2D eigenvalue weighted by Gasteiger charge is 2.36. The number of allylic oxidation sites excluding steroid dienone is 2. The van der Waals surface area contributed by atoms with E-state index < -0.39 is 11.6 Å². The van der Waals surface area contributed by atoms with Crippen LogP contribution in [0.1, 0.15) is 122 Å². The van der Waals surface area contributed by atoms with Crippen molar-refractivity contribution in [3.63, 3.8) is 0 Å². The van der Waals surface area contributed by atoms with Crippen LogP contribution in [-0.4, -0.2) is 19.3 Å². The van der Waals surface area contributed by atoms with E-state index in [4.69, 9.17) is 9.47 Å². The Morgan fingerprint density at radius 1 is 0.811 bits per heavy atom. The first kappa shape index (κ1) is 28.6. The molecule has 4 heteroatoms. The van der Waals surface area contributed by atoms with Crippen LogP contribution < -0.4 is 4.74 Å². The van der Waals surface area contributed by atoms with E-state index in [1.807, 2.05) is 0 Å². The van der Waals surface area contributed by atoms with Crippen molar-refractivity contribution in [1.82, 2.24) is 0 Å². The minimum atomic E-state index is -0.811. The molecule has 208 valence electrons. The molecule has 3 fully saturated rings. The number of rotatable bonds is 11. The maximum atomic E-state index is 15.0. The lowest BCUT2D eigenvalue weighted by molar-refractivity contribution is -0.0719. The molecule has 1 aromatic rings. The van der Waals surface area contributed by atoms with Crippen molar-refractivity contribution in [3.05, 3.63) is 41.5 Å². The average molecular weight is 517 g/mol. The fourth-order valence-corrected chi connectivity index (χ4v) is 7.28. The molecule has 2 saturated carbocycles. The minimum Gasteiger partial charge on any atom is -0.490 e. The lowest BCUT2D eigenvalue weighted by Gasteiger charge is -2.41. The summed E-state index contributed by atoms with van der Waals surface area (Å²) in [4.78, 5) is 0. The van der Waals surface area contributed by atoms with Gasteiger partial charge in [0.1, 0.15) is 0 Å². The molecule has 0 bridgehead atoms. The summed E-state index contributed by atoms with van der Waals surface area (Å²) in [7, 11) is 0. The van der Waals surface area contributed by atoms with E-state index >= 15 is 0 Å². The maximum absolute atomic E-state index is 15.0. The molecule has 2 atom stereocenters. The predicted octanol–water partition coefficient (Wildman–Crippen LogP) is 9.77. The van der Waals surface area contributed by atoms with E-state index in [1.54, 1.807) is 12.1 Å². The van der Waals surface area contributed by atoms with Gasteiger partial charge in [-0.15, -0.1) is 0 Å². The second-order valence-electron chi connectivity index (χ2n) is 12.1. The van der Waals surface area contributed by atoms with Gasteiger partial charge in [-0.05, 0) is 119 Å². The van der Waals surface area contributed by atoms with Crippen LogP contribution in [0.2, 0.25) is 0 Å². The zero-order chi connectivity index (χ0) is 26.0. The van der Waals surface area contributed by atoms with Crippen molar-refractivity contribution >= 4 is 0 Å². The molecule has 2 nitrogen and oxygen atoms in total. The lowest BCUT2D eigenvalue weighted by atomic mass is 9.71. The highest BCUT2D eigenvalue weighted by molar-refractivity contribution is 5.33. The SMILES string of the molecule is CC=CC1CCC(C2CC[C@@H](C3CCC(c4ccc(OCCCCCCC)c(F)c4F)CC3)OC2)CC1. The zero-order valence-corrected chi connectivity index (χ0v) is 23.4. The second kappa shape index (κ2) is 14.7. The smallest absolute Gasteiger partial charge is 0.200 e. The molecule has 1 unspecified atom stereocenters. The van der Waals surface area contributed by atoms with Crippen molar-refractivity contribution in [2.45, 2.75) is 122 Å². The van der Waals surface area contributed by atoms with Gasteiger partial charge in [0.15, 0.2) is 11.6 Å². The summed E-state index contributed by atoms with van der Waals surface area (Å²) in [6, 6.07) is 3.41. The standard InChI is InChI=1S/C33H50F2O2/c1-3-5-6-7-8-22-36-31-21-19-29(32(34)33(31)35)26-14-16-27(17-15-26)30-20-18-28(23-37-30)25-12-10-24(9-4-2)11-13-25/h4,9,19,21,24-28,30H,3,5-8,10-18,20,22-23H2,1-2H3/t24?,25?,26?,27?,28?,30-/m0/s1. The van der Waals surface area contributed by atoms with Crippen LogP contribution >= 0.6 is 0 Å². The zero-order valence-electron chi connectivity index (χ0n) is 23.4. The molecule has 3 aliphatic rings. The summed E-state index contributed by atoms with van der Waals surface area (Å²) < 4.78 is 41.8. The van der Waals surface area contributed by atoms with Crippen LogP contribution in [0.15, 0.2) is 24.3 Å². The molecule has 0 amide bonds. The number of hydrogen-bond donors (Lipinski definition) is 0. The fraction of sp³-hybridized carbons (Fsp3) is 0.758. The third kappa shape index (κ3) is 7.80. The highest BCUT2D eigenvalue weighted by Crippen LogP contribution is 2.44. The van der Waals surface area contributed by atoms with Crippen molar-refractivity contribution in [3.8, 4) is 5.75 Å². The largest absolute Gasteiger partial charge is 0.490 e. The molecule has 37 heavy (non-hydrogen) atoms. The van der Waals surface area contributed by atoms with Gasteiger partial charge >= 0.3 is 0 Å². The molecule has 4 rings (SSSR count). The molecule has 1 aromatic carbocycles. The van der Waals surface area contributed by atoms with Gasteiger partial charge in [-0.1, -0.05) is 50.8 Å². The number of hydrogen-bond acceptors (Lipinski definition) is 2. The van der Waals surface area contributed by atoms with Gasteiger partial charge in [0.25, 0.3) is 0 Å². The molecule has 1 aliphatic heterocycles. The van der Waals surface area contributed by atoms with Gasteiger partial charge in [0.2, 0.25) is 5.82 Å². The molecule has 0 spiro atoms. The molecule has 1 heterocycles. The molecule has 1 saturated heterocycles. The summed E-state index contributed by atoms with van der Waals surface area (Å²) >= 11 is 0. The van der Waals surface area contributed by atoms with E-state index in [0.717, 1.165) is 62.9 Å². The van der Waals surface area contributed by atoms with Crippen molar-refractivity contribution in [1.29, 1.82) is 0 Å². The molecule has 2 aliphatic carbocycles. The van der Waals surface area contributed by atoms with Gasteiger partial charge in [0, 0.05) is 0 Å². The Kier molecular flexibility index (Phi) is 11.3. The number of halogens is 2. The third-order valence-corrected chi connectivity index (χ3v) is 9.61. The Labute approximate surface area is 224 Å². The highest BCUT2D eigenvalue weighted by atomic mass is 19.2. The van der Waals surface area contributed by atoms with Gasteiger partial charge in [-0.3, -0.25) is 0 Å². The van der Waals surface area contributed by atoms with E-state index in [9.17, 15) is 8.78 Å². The lowest BCUT2D eigenvalue weighted by Crippen LogP contribution is -2.37. The van der Waals surface area contributed by atoms with Crippen LogP contribution in [0, 0.1) is 35.3 Å². The third-order valence-electron chi connectivity index (χ3n) is 9.61. The van der Waals surface area contributed by atoms with E-state index in [1.165, 1.54) is 57.8 Å². The Bertz CT molecular complexity index is 829. The topological polar surface area (TPSA) is 18.5 Å². The molecule has 0 aromatic heterocycles. The summed E-state index contributed by atoms with van der Waals surface area (Å²) in [6.45, 7) is 5.68. The van der Waals surface area contributed by atoms with Gasteiger partial charge in [0.05, 0.1) is 19.3 Å². The maximum Gasteiger partial charge on any atom is 0.200 e. The Balaban J connectivity index is 1.19. The minimum absolute atomic E-state index is 0.0610. The number of unbranched alkanes of at least 4 members (excludes halogenated alkanes) is 4. The first-order chi connectivity index (χ1) is 18.1. The normalized spacial score (nSPS) is 31.0. The second-order valence-corrected chi connectivity index (χ2v) is 12.1. The van der Waals surface area contributed by atoms with Gasteiger partial charge in [-0.25, -0.2) is 4.39 Å². The Morgan fingerprint density at radius 2 is 1.51 bits per heavy atom. The molecule has 0 radical (unpaired) electrons. The van der Waals surface area contributed by atoms with E-state index in [-0.39, 0.29) is 11.7 Å². The molecular formula is C33H50F2O2. The molecular weight excluding hydrogens is 466 g/mol. The van der Waals surface area contributed by atoms with E-state index in [2.05, 4.69) is 26.0 Å². The average Bonchev–Trinajstić information content (AvgIpc) is 2.94. The summed E-state index contributed by atoms with van der Waals surface area (Å²) in [5.41, 5.74) is 0.532. The summed E-state index contributed by atoms with van der Waals surface area (Å²) in [5, 5.41) is 0. The first-order valence-electron chi connectivity index (χ1n) is 15.5. The van der Waals surface area contributed by atoms with Gasteiger partial charge in [-0.2, -0.15) is 4.39 Å². The summed E-state index contributed by atoms with van der Waals surface area (Å²) in [5.74, 6) is 1.56. The monoisotopic (exact) mass is 516 g/mol. The Morgan fingerprint density at radius 3 is 2.19 bits per heavy atom. The Hall–Kier alpha value is -1.42. The van der Waals surface area contributed by atoms with Gasteiger partial charge < -0.3 is 9.47 Å². The van der Waals surface area contributed by atoms with Crippen LogP contribution in [0.5, 0.6) is 5.75 Å². The van der Waals surface area contributed by atoms with E-state index in [0.29, 0.717) is 24.2 Å². The van der Waals surface area contributed by atoms with Crippen molar-refractivity contribution < 1.29 is 18.3 Å². The van der Waals surface area contributed by atoms with Crippen molar-refractivity contribution in [2.75, 3.05) is 13.2 Å². The molecule has 0 N–H and O–H groups in total. The summed E-state index contributed by atoms with van der Waals surface area (Å²) in [6.07, 6.45) is 22.2. The number of ether oxygens (including phenoxy) is 2. The first-order valence-corrected chi connectivity index (χ1v) is 15.5. The number of benzene rings is 1. The van der Waals surface area contributed by atoms with Crippen LogP contribution in [0.4, 0.5) is 8.78 Å². The predicted molar refractivity (Wildman–Crippen MR) is 148 cm³/mol. The quantitative estimate of drug-likeness (QED) is 0.215. The van der Waals surface area contributed by atoms with Crippen LogP contribution in [-0.2, 0) is 4.74 Å². The fourth-order valence-electron chi connectivity index (χ4n) is 7.28. The van der Waals surface area contributed by atoms with Crippen LogP contribution in [0.3, 0.4) is 0 Å². The van der Waals surface area contributed by atoms with Crippen LogP contribution in [0.25, 0.3) is 0 Å². The van der Waals surface area contributed by atoms with Crippen molar-refractivity contribution in [2.24, 2.45) is 23.7 Å².